The number of hydrogen-bond acceptors (Lipinski definition) is 2. The number of amides is 1. The second kappa shape index (κ2) is 9.74. The van der Waals surface area contributed by atoms with E-state index in [9.17, 15) is 4.79 Å². The first-order valence-corrected chi connectivity index (χ1v) is 9.13. The highest BCUT2D eigenvalue weighted by Crippen LogP contribution is 2.20. The van der Waals surface area contributed by atoms with Crippen molar-refractivity contribution in [3.63, 3.8) is 0 Å². The molecular formula is C19H35N3O. The summed E-state index contributed by atoms with van der Waals surface area (Å²) in [5, 5.41) is 0. The Morgan fingerprint density at radius 3 is 1.96 bits per heavy atom. The molecule has 132 valence electrons. The number of carbonyl (C=O) groups is 1. The lowest BCUT2D eigenvalue weighted by Gasteiger charge is -2.32. The Bertz CT molecular complexity index is 425. The van der Waals surface area contributed by atoms with Crippen LogP contribution in [0.15, 0.2) is 12.5 Å². The van der Waals surface area contributed by atoms with E-state index in [0.717, 1.165) is 31.6 Å². The quantitative estimate of drug-likeness (QED) is 0.704. The molecule has 4 unspecified atom stereocenters. The van der Waals surface area contributed by atoms with Crippen molar-refractivity contribution in [3.8, 4) is 0 Å². The van der Waals surface area contributed by atoms with Crippen LogP contribution in [0.4, 0.5) is 0 Å². The molecule has 4 nitrogen and oxygen atoms in total. The smallest absolute Gasteiger partial charge is 0.228 e. The van der Waals surface area contributed by atoms with Crippen molar-refractivity contribution < 1.29 is 4.79 Å². The molecule has 0 aliphatic rings. The van der Waals surface area contributed by atoms with Gasteiger partial charge in [0.05, 0.1) is 12.7 Å². The molecule has 0 bridgehead atoms. The molecular weight excluding hydrogens is 286 g/mol. The Morgan fingerprint density at radius 2 is 1.57 bits per heavy atom. The van der Waals surface area contributed by atoms with Crippen molar-refractivity contribution in [2.24, 2.45) is 23.7 Å². The van der Waals surface area contributed by atoms with Crippen LogP contribution in [0.25, 0.3) is 0 Å². The minimum atomic E-state index is 0.208. The Kier molecular flexibility index (Phi) is 8.35. The van der Waals surface area contributed by atoms with Crippen molar-refractivity contribution in [3.05, 3.63) is 18.2 Å². The zero-order valence-electron chi connectivity index (χ0n) is 15.8. The largest absolute Gasteiger partial charge is 0.348 e. The number of aromatic nitrogens is 2. The maximum Gasteiger partial charge on any atom is 0.228 e. The maximum atomic E-state index is 12.8. The molecule has 4 heteroatoms. The molecule has 1 N–H and O–H groups in total. The second-order valence-corrected chi connectivity index (χ2v) is 7.28. The fourth-order valence-electron chi connectivity index (χ4n) is 2.79. The van der Waals surface area contributed by atoms with Gasteiger partial charge in [-0.3, -0.25) is 4.79 Å². The van der Waals surface area contributed by atoms with Gasteiger partial charge in [0.25, 0.3) is 0 Å². The van der Waals surface area contributed by atoms with Gasteiger partial charge in [0.1, 0.15) is 0 Å². The van der Waals surface area contributed by atoms with Gasteiger partial charge in [0, 0.05) is 25.0 Å². The molecule has 0 saturated heterocycles. The number of H-pyrrole nitrogens is 1. The highest BCUT2D eigenvalue weighted by Gasteiger charge is 2.23. The zero-order chi connectivity index (χ0) is 17.4. The van der Waals surface area contributed by atoms with Crippen LogP contribution >= 0.6 is 0 Å². The molecule has 0 saturated carbocycles. The molecule has 1 heterocycles. The van der Waals surface area contributed by atoms with E-state index in [2.05, 4.69) is 56.4 Å². The SMILES string of the molecule is CCC(C)C(C)CN(CC(C)C(C)CC)C(=O)Cc1cnc[nH]1. The van der Waals surface area contributed by atoms with Crippen LogP contribution in [-0.4, -0.2) is 33.9 Å². The Hall–Kier alpha value is -1.32. The van der Waals surface area contributed by atoms with Gasteiger partial charge in [-0.25, -0.2) is 4.98 Å². The molecule has 23 heavy (non-hydrogen) atoms. The molecule has 1 amide bonds. The Labute approximate surface area is 142 Å². The monoisotopic (exact) mass is 321 g/mol. The standard InChI is InChI=1S/C19H35N3O/c1-7-14(3)16(5)11-22(12-17(6)15(4)8-2)19(23)9-18-10-20-13-21-18/h10,13-17H,7-9,11-12H2,1-6H3,(H,20,21). The van der Waals surface area contributed by atoms with Crippen LogP contribution < -0.4 is 0 Å². The van der Waals surface area contributed by atoms with Crippen molar-refractivity contribution in [1.82, 2.24) is 14.9 Å². The van der Waals surface area contributed by atoms with Crippen LogP contribution in [0.1, 0.15) is 60.1 Å². The Morgan fingerprint density at radius 1 is 1.04 bits per heavy atom. The van der Waals surface area contributed by atoms with Crippen LogP contribution in [0.2, 0.25) is 0 Å². The van der Waals surface area contributed by atoms with Crippen LogP contribution in [-0.2, 0) is 11.2 Å². The molecule has 4 atom stereocenters. The average Bonchev–Trinajstić information content (AvgIpc) is 3.04. The van der Waals surface area contributed by atoms with Gasteiger partial charge in [-0.2, -0.15) is 0 Å². The van der Waals surface area contributed by atoms with Gasteiger partial charge >= 0.3 is 0 Å². The summed E-state index contributed by atoms with van der Waals surface area (Å²) in [7, 11) is 0. The molecule has 0 aromatic carbocycles. The Balaban J connectivity index is 2.75. The van der Waals surface area contributed by atoms with E-state index in [4.69, 9.17) is 0 Å². The second-order valence-electron chi connectivity index (χ2n) is 7.28. The molecule has 1 rings (SSSR count). The number of rotatable bonds is 10. The van der Waals surface area contributed by atoms with Crippen molar-refractivity contribution in [1.29, 1.82) is 0 Å². The average molecular weight is 322 g/mol. The summed E-state index contributed by atoms with van der Waals surface area (Å²) in [4.78, 5) is 21.9. The van der Waals surface area contributed by atoms with Gasteiger partial charge in [-0.05, 0) is 23.7 Å². The van der Waals surface area contributed by atoms with E-state index in [0.29, 0.717) is 30.1 Å². The number of imidazole rings is 1. The molecule has 0 fully saturated rings. The minimum absolute atomic E-state index is 0.208. The molecule has 0 aliphatic carbocycles. The van der Waals surface area contributed by atoms with E-state index >= 15 is 0 Å². The van der Waals surface area contributed by atoms with Crippen molar-refractivity contribution in [2.45, 2.75) is 60.8 Å². The summed E-state index contributed by atoms with van der Waals surface area (Å²) in [6.45, 7) is 15.2. The topological polar surface area (TPSA) is 49.0 Å². The summed E-state index contributed by atoms with van der Waals surface area (Å²) < 4.78 is 0. The van der Waals surface area contributed by atoms with Crippen molar-refractivity contribution >= 4 is 5.91 Å². The number of nitrogens with one attached hydrogen (secondary N) is 1. The van der Waals surface area contributed by atoms with Crippen LogP contribution in [0.3, 0.4) is 0 Å². The molecule has 0 radical (unpaired) electrons. The third kappa shape index (κ3) is 6.36. The fraction of sp³-hybridized carbons (Fsp3) is 0.789. The predicted molar refractivity (Wildman–Crippen MR) is 96.1 cm³/mol. The van der Waals surface area contributed by atoms with E-state index in [1.807, 2.05) is 0 Å². The molecule has 0 aliphatic heterocycles. The number of hydrogen-bond donors (Lipinski definition) is 1. The molecule has 1 aromatic heterocycles. The van der Waals surface area contributed by atoms with Gasteiger partial charge in [-0.15, -0.1) is 0 Å². The highest BCUT2D eigenvalue weighted by atomic mass is 16.2. The molecule has 1 aromatic rings. The normalized spacial score (nSPS) is 16.6. The summed E-state index contributed by atoms with van der Waals surface area (Å²) >= 11 is 0. The van der Waals surface area contributed by atoms with E-state index in [-0.39, 0.29) is 5.91 Å². The lowest BCUT2D eigenvalue weighted by atomic mass is 9.90. The summed E-state index contributed by atoms with van der Waals surface area (Å²) in [5.74, 6) is 2.52. The fourth-order valence-corrected chi connectivity index (χ4v) is 2.79. The third-order valence-electron chi connectivity index (χ3n) is 5.50. The first-order valence-electron chi connectivity index (χ1n) is 9.13. The van der Waals surface area contributed by atoms with Gasteiger partial charge in [0.2, 0.25) is 5.91 Å². The first kappa shape index (κ1) is 19.7. The summed E-state index contributed by atoms with van der Waals surface area (Å²) in [6.07, 6.45) is 6.11. The van der Waals surface area contributed by atoms with E-state index in [1.54, 1.807) is 12.5 Å². The van der Waals surface area contributed by atoms with E-state index in [1.165, 1.54) is 0 Å². The van der Waals surface area contributed by atoms with E-state index < -0.39 is 0 Å². The first-order chi connectivity index (χ1) is 10.9. The van der Waals surface area contributed by atoms with Crippen molar-refractivity contribution in [2.75, 3.05) is 13.1 Å². The predicted octanol–water partition coefficient (Wildman–Crippen LogP) is 4.15. The van der Waals surface area contributed by atoms with Gasteiger partial charge in [-0.1, -0.05) is 54.4 Å². The highest BCUT2D eigenvalue weighted by molar-refractivity contribution is 5.78. The van der Waals surface area contributed by atoms with Gasteiger partial charge < -0.3 is 9.88 Å². The lowest BCUT2D eigenvalue weighted by molar-refractivity contribution is -0.132. The zero-order valence-corrected chi connectivity index (χ0v) is 15.8. The maximum absolute atomic E-state index is 12.8. The number of nitrogens with zero attached hydrogens (tertiary/aromatic N) is 2. The van der Waals surface area contributed by atoms with Crippen LogP contribution in [0.5, 0.6) is 0 Å². The lowest BCUT2D eigenvalue weighted by Crippen LogP contribution is -2.41. The molecule has 0 spiro atoms. The van der Waals surface area contributed by atoms with Gasteiger partial charge in [0.15, 0.2) is 0 Å². The van der Waals surface area contributed by atoms with Crippen LogP contribution in [0, 0.1) is 23.7 Å². The number of carbonyl (C=O) groups excluding carboxylic acids is 1. The number of aromatic amines is 1. The minimum Gasteiger partial charge on any atom is -0.348 e. The summed E-state index contributed by atoms with van der Waals surface area (Å²) in [6, 6.07) is 0. The summed E-state index contributed by atoms with van der Waals surface area (Å²) in [5.41, 5.74) is 0.896. The third-order valence-corrected chi connectivity index (χ3v) is 5.50.